The topological polar surface area (TPSA) is 67.0 Å². The van der Waals surface area contributed by atoms with Crippen molar-refractivity contribution in [1.29, 1.82) is 0 Å². The zero-order valence-corrected chi connectivity index (χ0v) is 14.9. The number of aromatic amines is 1. The van der Waals surface area contributed by atoms with E-state index in [1.54, 1.807) is 30.1 Å². The average molecular weight is 365 g/mol. The molecule has 3 N–H and O–H groups in total. The Bertz CT molecular complexity index is 961. The summed E-state index contributed by atoms with van der Waals surface area (Å²) in [5, 5.41) is 1.87. The number of nitrogens with one attached hydrogen (secondary N) is 1. The highest BCUT2D eigenvalue weighted by molar-refractivity contribution is 6.42. The van der Waals surface area contributed by atoms with E-state index < -0.39 is 0 Å². The number of anilines is 1. The van der Waals surface area contributed by atoms with Gasteiger partial charge in [-0.3, -0.25) is 9.69 Å². The fourth-order valence-corrected chi connectivity index (χ4v) is 3.41. The molecule has 0 radical (unpaired) electrons. The van der Waals surface area contributed by atoms with Crippen molar-refractivity contribution in [1.82, 2.24) is 14.5 Å². The molecule has 1 aromatic carbocycles. The maximum Gasteiger partial charge on any atom is 0.250 e. The third kappa shape index (κ3) is 3.15. The molecule has 3 aromatic rings. The van der Waals surface area contributed by atoms with Crippen molar-refractivity contribution in [2.45, 2.75) is 13.1 Å². The van der Waals surface area contributed by atoms with Crippen LogP contribution in [0, 0.1) is 0 Å². The van der Waals surface area contributed by atoms with E-state index in [4.69, 9.17) is 28.9 Å². The standard InChI is InChI=1S/C17H18Cl2N4O/c1-22(8-10-3-4-23(2)14(24)5-10)9-11-6-12(18)15-13(19)7-21-17(15)16(11)20/h3-7,21H,8-9,20H2,1-2H3. The summed E-state index contributed by atoms with van der Waals surface area (Å²) in [6.45, 7) is 1.24. The first-order valence-electron chi connectivity index (χ1n) is 7.44. The molecule has 0 fully saturated rings. The number of H-pyrrole nitrogens is 1. The maximum absolute atomic E-state index is 11.7. The predicted molar refractivity (Wildman–Crippen MR) is 99.6 cm³/mol. The molecule has 0 aliphatic rings. The Morgan fingerprint density at radius 3 is 2.71 bits per heavy atom. The summed E-state index contributed by atoms with van der Waals surface area (Å²) in [5.74, 6) is 0. The van der Waals surface area contributed by atoms with E-state index in [0.29, 0.717) is 28.8 Å². The van der Waals surface area contributed by atoms with E-state index in [9.17, 15) is 4.79 Å². The van der Waals surface area contributed by atoms with Crippen molar-refractivity contribution in [3.63, 3.8) is 0 Å². The van der Waals surface area contributed by atoms with Gasteiger partial charge in [-0.05, 0) is 30.3 Å². The lowest BCUT2D eigenvalue weighted by Gasteiger charge is -2.19. The summed E-state index contributed by atoms with van der Waals surface area (Å²) in [5.41, 5.74) is 9.49. The summed E-state index contributed by atoms with van der Waals surface area (Å²) >= 11 is 12.5. The normalized spacial score (nSPS) is 11.5. The number of aryl methyl sites for hydroxylation is 1. The number of rotatable bonds is 4. The molecule has 0 spiro atoms. The molecule has 0 aliphatic heterocycles. The molecule has 7 heteroatoms. The zero-order valence-electron chi connectivity index (χ0n) is 13.4. The molecule has 0 saturated heterocycles. The van der Waals surface area contributed by atoms with Gasteiger partial charge in [0.05, 0.1) is 21.2 Å². The number of aromatic nitrogens is 2. The van der Waals surface area contributed by atoms with Gasteiger partial charge in [0, 0.05) is 44.0 Å². The van der Waals surface area contributed by atoms with E-state index in [1.807, 2.05) is 19.2 Å². The molecule has 5 nitrogen and oxygen atoms in total. The average Bonchev–Trinajstić information content (AvgIpc) is 2.91. The summed E-state index contributed by atoms with van der Waals surface area (Å²) in [4.78, 5) is 16.9. The van der Waals surface area contributed by atoms with Crippen molar-refractivity contribution in [2.75, 3.05) is 12.8 Å². The second-order valence-corrected chi connectivity index (χ2v) is 6.79. The highest BCUT2D eigenvalue weighted by Crippen LogP contribution is 2.36. The van der Waals surface area contributed by atoms with Crippen LogP contribution in [0.2, 0.25) is 10.0 Å². The van der Waals surface area contributed by atoms with Crippen LogP contribution in [0.25, 0.3) is 10.9 Å². The summed E-state index contributed by atoms with van der Waals surface area (Å²) in [7, 11) is 3.70. The van der Waals surface area contributed by atoms with Gasteiger partial charge in [-0.2, -0.15) is 0 Å². The van der Waals surface area contributed by atoms with Gasteiger partial charge in [0.15, 0.2) is 0 Å². The van der Waals surface area contributed by atoms with Crippen molar-refractivity contribution >= 4 is 39.8 Å². The minimum absolute atomic E-state index is 0.0223. The summed E-state index contributed by atoms with van der Waals surface area (Å²) < 4.78 is 1.55. The first-order valence-corrected chi connectivity index (χ1v) is 8.20. The first kappa shape index (κ1) is 16.9. The van der Waals surface area contributed by atoms with E-state index in [1.165, 1.54) is 0 Å². The van der Waals surface area contributed by atoms with Crippen LogP contribution in [0.15, 0.2) is 35.4 Å². The van der Waals surface area contributed by atoms with Crippen molar-refractivity contribution in [2.24, 2.45) is 7.05 Å². The Kier molecular flexibility index (Phi) is 4.58. The number of nitrogens with two attached hydrogens (primary N) is 1. The number of nitrogen functional groups attached to an aromatic ring is 1. The molecule has 2 aromatic heterocycles. The van der Waals surface area contributed by atoms with Gasteiger partial charge in [-0.15, -0.1) is 0 Å². The lowest BCUT2D eigenvalue weighted by molar-refractivity contribution is 0.319. The van der Waals surface area contributed by atoms with Crippen LogP contribution in [0.4, 0.5) is 5.69 Å². The molecule has 0 bridgehead atoms. The number of pyridine rings is 1. The van der Waals surface area contributed by atoms with Crippen molar-refractivity contribution in [3.8, 4) is 0 Å². The van der Waals surface area contributed by atoms with Crippen LogP contribution < -0.4 is 11.3 Å². The smallest absolute Gasteiger partial charge is 0.250 e. The Morgan fingerprint density at radius 1 is 1.25 bits per heavy atom. The Hall–Kier alpha value is -1.95. The number of hydrogen-bond acceptors (Lipinski definition) is 3. The van der Waals surface area contributed by atoms with Crippen LogP contribution in [0.5, 0.6) is 0 Å². The minimum atomic E-state index is -0.0223. The Morgan fingerprint density at radius 2 is 2.00 bits per heavy atom. The molecular formula is C17H18Cl2N4O. The highest BCUT2D eigenvalue weighted by atomic mass is 35.5. The molecule has 0 saturated carbocycles. The SMILES string of the molecule is CN(Cc1ccn(C)c(=O)c1)Cc1cc(Cl)c2c(Cl)c[nH]c2c1N. The largest absolute Gasteiger partial charge is 0.397 e. The first-order chi connectivity index (χ1) is 11.4. The van der Waals surface area contributed by atoms with Crippen LogP contribution in [0.1, 0.15) is 11.1 Å². The lowest BCUT2D eigenvalue weighted by atomic mass is 10.1. The fourth-order valence-electron chi connectivity index (χ4n) is 2.79. The van der Waals surface area contributed by atoms with Crippen LogP contribution >= 0.6 is 23.2 Å². The van der Waals surface area contributed by atoms with Gasteiger partial charge in [0.2, 0.25) is 0 Å². The van der Waals surface area contributed by atoms with Crippen LogP contribution in [-0.2, 0) is 20.1 Å². The number of hydrogen-bond donors (Lipinski definition) is 2. The molecular weight excluding hydrogens is 347 g/mol. The van der Waals surface area contributed by atoms with E-state index in [2.05, 4.69) is 9.88 Å². The van der Waals surface area contributed by atoms with Crippen LogP contribution in [0.3, 0.4) is 0 Å². The molecule has 126 valence electrons. The van der Waals surface area contributed by atoms with Gasteiger partial charge < -0.3 is 15.3 Å². The second kappa shape index (κ2) is 6.51. The third-order valence-corrected chi connectivity index (χ3v) is 4.64. The van der Waals surface area contributed by atoms with E-state index >= 15 is 0 Å². The second-order valence-electron chi connectivity index (χ2n) is 5.97. The van der Waals surface area contributed by atoms with Gasteiger partial charge in [0.25, 0.3) is 5.56 Å². The van der Waals surface area contributed by atoms with E-state index in [0.717, 1.165) is 22.0 Å². The van der Waals surface area contributed by atoms with Gasteiger partial charge in [-0.25, -0.2) is 0 Å². The van der Waals surface area contributed by atoms with Crippen molar-refractivity contribution < 1.29 is 0 Å². The fraction of sp³-hybridized carbons (Fsp3) is 0.235. The number of benzene rings is 1. The van der Waals surface area contributed by atoms with Gasteiger partial charge in [-0.1, -0.05) is 23.2 Å². The predicted octanol–water partition coefficient (Wildman–Crippen LogP) is 3.39. The Labute approximate surface area is 149 Å². The number of nitrogens with zero attached hydrogens (tertiary/aromatic N) is 2. The molecule has 2 heterocycles. The zero-order chi connectivity index (χ0) is 17.4. The number of halogens is 2. The highest BCUT2D eigenvalue weighted by Gasteiger charge is 2.14. The molecule has 0 atom stereocenters. The monoisotopic (exact) mass is 364 g/mol. The quantitative estimate of drug-likeness (QED) is 0.697. The summed E-state index contributed by atoms with van der Waals surface area (Å²) in [6, 6.07) is 5.42. The minimum Gasteiger partial charge on any atom is -0.397 e. The molecule has 24 heavy (non-hydrogen) atoms. The molecule has 0 aliphatic carbocycles. The molecule has 3 rings (SSSR count). The lowest BCUT2D eigenvalue weighted by Crippen LogP contribution is -2.21. The van der Waals surface area contributed by atoms with E-state index in [-0.39, 0.29) is 5.56 Å². The third-order valence-electron chi connectivity index (χ3n) is 4.05. The number of fused-ring (bicyclic) bond motifs is 1. The van der Waals surface area contributed by atoms with Crippen molar-refractivity contribution in [3.05, 3.63) is 62.1 Å². The maximum atomic E-state index is 11.7. The van der Waals surface area contributed by atoms with Crippen LogP contribution in [-0.4, -0.2) is 21.5 Å². The summed E-state index contributed by atoms with van der Waals surface area (Å²) in [6.07, 6.45) is 3.45. The van der Waals surface area contributed by atoms with Gasteiger partial charge >= 0.3 is 0 Å². The molecule has 0 unspecified atom stereocenters. The van der Waals surface area contributed by atoms with Gasteiger partial charge in [0.1, 0.15) is 0 Å². The molecule has 0 amide bonds. The Balaban J connectivity index is 1.85.